The van der Waals surface area contributed by atoms with Gasteiger partial charge in [-0.05, 0) is 30.7 Å². The number of carbonyl (C=O) groups excluding carboxylic acids is 1. The molecule has 0 atom stereocenters. The van der Waals surface area contributed by atoms with E-state index in [1.165, 1.54) is 12.1 Å². The topological polar surface area (TPSA) is 81.8 Å². The first-order chi connectivity index (χ1) is 12.0. The molecule has 0 N–H and O–H groups in total. The molecule has 1 heterocycles. The number of allylic oxidation sites excluding steroid dienone is 2. The van der Waals surface area contributed by atoms with Crippen LogP contribution >= 0.6 is 0 Å². The van der Waals surface area contributed by atoms with Crippen LogP contribution in [-0.2, 0) is 9.53 Å². The summed E-state index contributed by atoms with van der Waals surface area (Å²) in [6.07, 6.45) is 5.14. The van der Waals surface area contributed by atoms with Crippen molar-refractivity contribution < 1.29 is 14.5 Å². The van der Waals surface area contributed by atoms with E-state index in [9.17, 15) is 14.9 Å². The van der Waals surface area contributed by atoms with Gasteiger partial charge in [0.2, 0.25) is 5.90 Å². The number of aryl methyl sites for hydroxylation is 1. The summed E-state index contributed by atoms with van der Waals surface area (Å²) in [6, 6.07) is 14.1. The molecular weight excluding hydrogens is 320 g/mol. The number of aliphatic imine (C=N–C) groups is 1. The molecule has 1 aliphatic rings. The highest BCUT2D eigenvalue weighted by Crippen LogP contribution is 2.22. The van der Waals surface area contributed by atoms with Crippen LogP contribution in [0, 0.1) is 17.0 Å². The molecule has 0 saturated carbocycles. The Balaban J connectivity index is 1.83. The fourth-order valence-electron chi connectivity index (χ4n) is 2.35. The molecule has 0 spiro atoms. The van der Waals surface area contributed by atoms with Crippen LogP contribution in [-0.4, -0.2) is 16.8 Å². The van der Waals surface area contributed by atoms with Crippen molar-refractivity contribution in [2.75, 3.05) is 0 Å². The SMILES string of the molecule is Cc1cc(C2=N/C(=C\C=C\c3ccccc3)C(=O)O2)ccc1[N+](=O)[O-]. The van der Waals surface area contributed by atoms with Crippen LogP contribution in [0.4, 0.5) is 5.69 Å². The van der Waals surface area contributed by atoms with Crippen LogP contribution < -0.4 is 0 Å². The monoisotopic (exact) mass is 334 g/mol. The number of benzene rings is 2. The number of cyclic esters (lactones) is 1. The molecule has 25 heavy (non-hydrogen) atoms. The zero-order valence-electron chi connectivity index (χ0n) is 13.4. The van der Waals surface area contributed by atoms with E-state index < -0.39 is 10.9 Å². The van der Waals surface area contributed by atoms with Crippen molar-refractivity contribution in [3.63, 3.8) is 0 Å². The van der Waals surface area contributed by atoms with Crippen molar-refractivity contribution in [2.24, 2.45) is 4.99 Å². The first-order valence-corrected chi connectivity index (χ1v) is 7.54. The summed E-state index contributed by atoms with van der Waals surface area (Å²) < 4.78 is 5.16. The minimum Gasteiger partial charge on any atom is -0.402 e. The molecule has 6 heteroatoms. The molecule has 0 aromatic heterocycles. The Labute approximate surface area is 143 Å². The molecule has 0 radical (unpaired) electrons. The summed E-state index contributed by atoms with van der Waals surface area (Å²) in [5.41, 5.74) is 2.18. The number of hydrogen-bond acceptors (Lipinski definition) is 5. The lowest BCUT2D eigenvalue weighted by molar-refractivity contribution is -0.385. The van der Waals surface area contributed by atoms with Gasteiger partial charge >= 0.3 is 5.97 Å². The predicted molar refractivity (Wildman–Crippen MR) is 94.0 cm³/mol. The highest BCUT2D eigenvalue weighted by molar-refractivity contribution is 6.11. The number of nitrogens with zero attached hydrogens (tertiary/aromatic N) is 2. The highest BCUT2D eigenvalue weighted by atomic mass is 16.6. The van der Waals surface area contributed by atoms with Gasteiger partial charge in [0.25, 0.3) is 5.69 Å². The minimum atomic E-state index is -0.552. The van der Waals surface area contributed by atoms with E-state index in [0.717, 1.165) is 5.56 Å². The molecule has 0 aliphatic carbocycles. The number of rotatable bonds is 4. The zero-order valence-corrected chi connectivity index (χ0v) is 13.4. The third-order valence-electron chi connectivity index (χ3n) is 3.60. The number of esters is 1. The quantitative estimate of drug-likeness (QED) is 0.368. The van der Waals surface area contributed by atoms with Gasteiger partial charge in [-0.15, -0.1) is 0 Å². The Morgan fingerprint density at radius 1 is 1.16 bits per heavy atom. The van der Waals surface area contributed by atoms with Gasteiger partial charge in [0.1, 0.15) is 0 Å². The second-order valence-electron chi connectivity index (χ2n) is 5.39. The Morgan fingerprint density at radius 2 is 1.92 bits per heavy atom. The van der Waals surface area contributed by atoms with E-state index in [2.05, 4.69) is 4.99 Å². The Morgan fingerprint density at radius 3 is 2.60 bits per heavy atom. The number of carbonyl (C=O) groups is 1. The molecule has 0 saturated heterocycles. The normalized spacial score (nSPS) is 15.5. The molecule has 3 rings (SSSR count). The minimum absolute atomic E-state index is 0.00948. The van der Waals surface area contributed by atoms with Crippen LogP contribution in [0.25, 0.3) is 6.08 Å². The second kappa shape index (κ2) is 6.92. The Kier molecular flexibility index (Phi) is 4.52. The Bertz CT molecular complexity index is 928. The largest absolute Gasteiger partial charge is 0.402 e. The average Bonchev–Trinajstić information content (AvgIpc) is 2.96. The molecule has 2 aromatic rings. The first-order valence-electron chi connectivity index (χ1n) is 7.54. The van der Waals surface area contributed by atoms with Crippen molar-refractivity contribution in [3.05, 3.63) is 93.2 Å². The molecule has 2 aromatic carbocycles. The lowest BCUT2D eigenvalue weighted by Gasteiger charge is -2.01. The maximum atomic E-state index is 11.9. The van der Waals surface area contributed by atoms with E-state index in [1.807, 2.05) is 36.4 Å². The van der Waals surface area contributed by atoms with Crippen LogP contribution in [0.2, 0.25) is 0 Å². The molecular formula is C19H14N2O4. The lowest BCUT2D eigenvalue weighted by Crippen LogP contribution is -2.06. The van der Waals surface area contributed by atoms with Gasteiger partial charge in [0.05, 0.1) is 4.92 Å². The van der Waals surface area contributed by atoms with Crippen molar-refractivity contribution in [1.29, 1.82) is 0 Å². The third-order valence-corrected chi connectivity index (χ3v) is 3.60. The molecule has 0 fully saturated rings. The predicted octanol–water partition coefficient (Wildman–Crippen LogP) is 3.80. The first kappa shape index (κ1) is 16.3. The van der Waals surface area contributed by atoms with E-state index in [-0.39, 0.29) is 17.3 Å². The Hall–Kier alpha value is -3.54. The van der Waals surface area contributed by atoms with Gasteiger partial charge in [-0.3, -0.25) is 10.1 Å². The van der Waals surface area contributed by atoms with Crippen LogP contribution in [0.3, 0.4) is 0 Å². The third kappa shape index (κ3) is 3.69. The second-order valence-corrected chi connectivity index (χ2v) is 5.39. The van der Waals surface area contributed by atoms with Gasteiger partial charge in [-0.25, -0.2) is 9.79 Å². The molecule has 0 unspecified atom stereocenters. The van der Waals surface area contributed by atoms with E-state index in [4.69, 9.17) is 4.74 Å². The number of ether oxygens (including phenoxy) is 1. The standard InChI is InChI=1S/C19H14N2O4/c1-13-12-15(10-11-17(13)21(23)24)18-20-16(19(22)25-18)9-5-8-14-6-3-2-4-7-14/h2-12H,1H3/b8-5+,16-9-. The van der Waals surface area contributed by atoms with Gasteiger partial charge in [0.15, 0.2) is 5.70 Å². The summed E-state index contributed by atoms with van der Waals surface area (Å²) in [5, 5.41) is 10.9. The van der Waals surface area contributed by atoms with Gasteiger partial charge in [-0.1, -0.05) is 42.5 Å². The summed E-state index contributed by atoms with van der Waals surface area (Å²) in [6.45, 7) is 1.62. The summed E-state index contributed by atoms with van der Waals surface area (Å²) in [5.74, 6) is -0.411. The van der Waals surface area contributed by atoms with Crippen molar-refractivity contribution in [3.8, 4) is 0 Å². The van der Waals surface area contributed by atoms with Crippen LogP contribution in [0.1, 0.15) is 16.7 Å². The van der Waals surface area contributed by atoms with Gasteiger partial charge in [-0.2, -0.15) is 0 Å². The average molecular weight is 334 g/mol. The van der Waals surface area contributed by atoms with Gasteiger partial charge in [0, 0.05) is 17.2 Å². The van der Waals surface area contributed by atoms with E-state index in [1.54, 1.807) is 25.1 Å². The molecule has 6 nitrogen and oxygen atoms in total. The molecule has 0 bridgehead atoms. The summed E-state index contributed by atoms with van der Waals surface area (Å²) >= 11 is 0. The zero-order chi connectivity index (χ0) is 17.8. The smallest absolute Gasteiger partial charge is 0.363 e. The molecule has 1 aliphatic heterocycles. The van der Waals surface area contributed by atoms with Gasteiger partial charge < -0.3 is 4.74 Å². The van der Waals surface area contributed by atoms with Crippen molar-refractivity contribution >= 4 is 23.6 Å². The number of nitro groups is 1. The van der Waals surface area contributed by atoms with E-state index >= 15 is 0 Å². The maximum Gasteiger partial charge on any atom is 0.363 e. The fourth-order valence-corrected chi connectivity index (χ4v) is 2.35. The number of nitro benzene ring substituents is 1. The summed E-state index contributed by atoms with van der Waals surface area (Å²) in [7, 11) is 0. The molecule has 0 amide bonds. The van der Waals surface area contributed by atoms with Crippen molar-refractivity contribution in [2.45, 2.75) is 6.92 Å². The highest BCUT2D eigenvalue weighted by Gasteiger charge is 2.24. The maximum absolute atomic E-state index is 11.9. The summed E-state index contributed by atoms with van der Waals surface area (Å²) in [4.78, 5) is 26.5. The van der Waals surface area contributed by atoms with Crippen LogP contribution in [0.15, 0.2) is 71.4 Å². The lowest BCUT2D eigenvalue weighted by atomic mass is 10.1. The fraction of sp³-hybridized carbons (Fsp3) is 0.0526. The van der Waals surface area contributed by atoms with E-state index in [0.29, 0.717) is 11.1 Å². The molecule has 124 valence electrons. The number of hydrogen-bond donors (Lipinski definition) is 0. The van der Waals surface area contributed by atoms with Crippen molar-refractivity contribution in [1.82, 2.24) is 0 Å². The van der Waals surface area contributed by atoms with Crippen LogP contribution in [0.5, 0.6) is 0 Å².